The number of nitrogens with one attached hydrogen (secondary N) is 1. The molecule has 1 aromatic carbocycles. The third-order valence-corrected chi connectivity index (χ3v) is 7.29. The van der Waals surface area contributed by atoms with Gasteiger partial charge in [-0.1, -0.05) is 11.6 Å². The van der Waals surface area contributed by atoms with Gasteiger partial charge in [0, 0.05) is 28.3 Å². The van der Waals surface area contributed by atoms with Gasteiger partial charge in [-0.05, 0) is 78.0 Å². The summed E-state index contributed by atoms with van der Waals surface area (Å²) in [5.41, 5.74) is 7.73. The van der Waals surface area contributed by atoms with Crippen molar-refractivity contribution in [1.29, 1.82) is 0 Å². The van der Waals surface area contributed by atoms with Crippen molar-refractivity contribution in [3.05, 3.63) is 34.5 Å². The molecule has 2 atom stereocenters. The number of benzene rings is 1. The molecule has 2 aliphatic rings. The van der Waals surface area contributed by atoms with Crippen LogP contribution in [0.5, 0.6) is 0 Å². The smallest absolute Gasteiger partial charge is 0.204 e. The maximum atomic E-state index is 8.58. The molecule has 1 aliphatic carbocycles. The van der Waals surface area contributed by atoms with E-state index in [0.717, 1.165) is 48.0 Å². The molecule has 8 heteroatoms. The van der Waals surface area contributed by atoms with Crippen molar-refractivity contribution in [2.75, 3.05) is 11.1 Å². The second-order valence-electron chi connectivity index (χ2n) is 9.62. The number of aromatic nitrogens is 2. The van der Waals surface area contributed by atoms with Gasteiger partial charge < -0.3 is 15.8 Å². The van der Waals surface area contributed by atoms with Crippen molar-refractivity contribution in [2.45, 2.75) is 88.9 Å². The number of nitrogens with two attached hydrogens (primary N) is 1. The quantitative estimate of drug-likeness (QED) is 0.527. The van der Waals surface area contributed by atoms with Crippen LogP contribution in [0.1, 0.15) is 71.1 Å². The van der Waals surface area contributed by atoms with Gasteiger partial charge in [-0.25, -0.2) is 4.68 Å². The summed E-state index contributed by atoms with van der Waals surface area (Å²) in [4.78, 5) is 9.81. The van der Waals surface area contributed by atoms with Gasteiger partial charge in [0.05, 0.1) is 28.5 Å². The van der Waals surface area contributed by atoms with Gasteiger partial charge in [0.15, 0.2) is 0 Å². The molecule has 1 amide bonds. The molecule has 1 aromatic heterocycles. The number of fused-ring (bicyclic) bond motifs is 1. The van der Waals surface area contributed by atoms with E-state index in [1.807, 2.05) is 17.8 Å². The van der Waals surface area contributed by atoms with Crippen LogP contribution in [-0.2, 0) is 21.5 Å². The molecule has 0 bridgehead atoms. The predicted molar refractivity (Wildman–Crippen MR) is 133 cm³/mol. The molecule has 4 rings (SSSR count). The highest BCUT2D eigenvalue weighted by atomic mass is 35.5. The molecule has 2 unspecified atom stereocenters. The monoisotopic (exact) mass is 478 g/mol. The lowest BCUT2D eigenvalue weighted by Crippen LogP contribution is -2.25. The highest BCUT2D eigenvalue weighted by molar-refractivity contribution is 7.99. The van der Waals surface area contributed by atoms with Crippen molar-refractivity contribution in [2.24, 2.45) is 5.73 Å². The first-order valence-corrected chi connectivity index (χ1v) is 12.6. The molecule has 3 N–H and O–H groups in total. The maximum absolute atomic E-state index is 8.58. The highest BCUT2D eigenvalue weighted by Crippen LogP contribution is 2.43. The zero-order chi connectivity index (χ0) is 23.5. The van der Waals surface area contributed by atoms with Crippen molar-refractivity contribution >= 4 is 41.3 Å². The molecule has 0 spiro atoms. The Balaban J connectivity index is 0.000000913. The standard InChI is InChI=1S/C23H32ClN3OS.CH3NO/c1-14(2)28-16-7-6-15(12-16)20-13-21(27(26-20)23(3,4)5)25-19-9-8-18(24)22-17(19)10-11-29-22;2-1-3/h8-9,13-16,25H,6-7,10-12H2,1-5H3;1H,(H2,2,3). The first kappa shape index (κ1) is 24.9. The fraction of sp³-hybridized carbons (Fsp3) is 0.583. The molecule has 176 valence electrons. The minimum Gasteiger partial charge on any atom is -0.376 e. The average Bonchev–Trinajstić information content (AvgIpc) is 3.43. The molecule has 0 saturated heterocycles. The summed E-state index contributed by atoms with van der Waals surface area (Å²) in [5, 5.41) is 9.60. The fourth-order valence-electron chi connectivity index (χ4n) is 4.43. The van der Waals surface area contributed by atoms with Crippen LogP contribution in [0.25, 0.3) is 0 Å². The molecular weight excluding hydrogens is 444 g/mol. The van der Waals surface area contributed by atoms with Crippen molar-refractivity contribution in [3.8, 4) is 0 Å². The number of amides is 1. The average molecular weight is 479 g/mol. The number of thioether (sulfide) groups is 1. The summed E-state index contributed by atoms with van der Waals surface area (Å²) in [5.74, 6) is 2.62. The third-order valence-electron chi connectivity index (χ3n) is 5.70. The van der Waals surface area contributed by atoms with Gasteiger partial charge in [0.2, 0.25) is 6.41 Å². The number of hydrogen-bond donors (Lipinski definition) is 2. The summed E-state index contributed by atoms with van der Waals surface area (Å²) in [7, 11) is 0. The predicted octanol–water partition coefficient (Wildman–Crippen LogP) is 5.85. The lowest BCUT2D eigenvalue weighted by molar-refractivity contribution is -0.106. The lowest BCUT2D eigenvalue weighted by atomic mass is 10.0. The second kappa shape index (κ2) is 10.5. The number of hydrogen-bond acceptors (Lipinski definition) is 5. The third kappa shape index (κ3) is 5.80. The van der Waals surface area contributed by atoms with Crippen LogP contribution in [0, 0.1) is 0 Å². The number of carbonyl (C=O) groups is 1. The van der Waals surface area contributed by atoms with Gasteiger partial charge in [0.1, 0.15) is 5.82 Å². The molecule has 1 saturated carbocycles. The zero-order valence-corrected chi connectivity index (χ0v) is 21.2. The minimum atomic E-state index is -0.0998. The molecule has 1 aliphatic heterocycles. The summed E-state index contributed by atoms with van der Waals surface area (Å²) in [6.07, 6.45) is 5.27. The van der Waals surface area contributed by atoms with Gasteiger partial charge in [-0.2, -0.15) is 5.10 Å². The Morgan fingerprint density at radius 1 is 1.34 bits per heavy atom. The van der Waals surface area contributed by atoms with E-state index in [4.69, 9.17) is 26.2 Å². The Morgan fingerprint density at radius 2 is 2.06 bits per heavy atom. The summed E-state index contributed by atoms with van der Waals surface area (Å²) in [6, 6.07) is 6.36. The number of primary amides is 1. The van der Waals surface area contributed by atoms with Crippen LogP contribution in [-0.4, -0.2) is 34.2 Å². The minimum absolute atomic E-state index is 0.0998. The first-order valence-electron chi connectivity index (χ1n) is 11.3. The largest absolute Gasteiger partial charge is 0.376 e. The molecule has 1 fully saturated rings. The molecule has 32 heavy (non-hydrogen) atoms. The fourth-order valence-corrected chi connectivity index (χ4v) is 5.87. The van der Waals surface area contributed by atoms with Gasteiger partial charge in [0.25, 0.3) is 0 Å². The Hall–Kier alpha value is -1.70. The van der Waals surface area contributed by atoms with E-state index in [-0.39, 0.29) is 18.1 Å². The van der Waals surface area contributed by atoms with Gasteiger partial charge >= 0.3 is 0 Å². The van der Waals surface area contributed by atoms with Crippen molar-refractivity contribution < 1.29 is 9.53 Å². The molecule has 2 heterocycles. The highest BCUT2D eigenvalue weighted by Gasteiger charge is 2.31. The Morgan fingerprint density at radius 3 is 2.72 bits per heavy atom. The number of rotatable bonds is 5. The molecular formula is C24H35ClN4O2S. The Bertz CT molecular complexity index is 939. The van der Waals surface area contributed by atoms with E-state index in [1.165, 1.54) is 16.2 Å². The van der Waals surface area contributed by atoms with Crippen LogP contribution in [0.4, 0.5) is 11.5 Å². The first-order chi connectivity index (χ1) is 15.1. The van der Waals surface area contributed by atoms with E-state index < -0.39 is 0 Å². The van der Waals surface area contributed by atoms with Crippen molar-refractivity contribution in [1.82, 2.24) is 9.78 Å². The lowest BCUT2D eigenvalue weighted by Gasteiger charge is -2.23. The summed E-state index contributed by atoms with van der Waals surface area (Å²) < 4.78 is 8.20. The summed E-state index contributed by atoms with van der Waals surface area (Å²) in [6.45, 7) is 10.8. The van der Waals surface area contributed by atoms with Gasteiger partial charge in [-0.15, -0.1) is 11.8 Å². The molecule has 0 radical (unpaired) electrons. The van der Waals surface area contributed by atoms with Crippen molar-refractivity contribution in [3.63, 3.8) is 0 Å². The normalized spacial score (nSPS) is 20.1. The second-order valence-corrected chi connectivity index (χ2v) is 11.1. The van der Waals surface area contributed by atoms with Crippen LogP contribution in [0.3, 0.4) is 0 Å². The molecule has 6 nitrogen and oxygen atoms in total. The van der Waals surface area contributed by atoms with E-state index in [0.29, 0.717) is 12.0 Å². The number of halogens is 1. The van der Waals surface area contributed by atoms with Gasteiger partial charge in [-0.3, -0.25) is 4.79 Å². The van der Waals surface area contributed by atoms with E-state index in [9.17, 15) is 0 Å². The van der Waals surface area contributed by atoms with E-state index >= 15 is 0 Å². The Kier molecular flexibility index (Phi) is 8.17. The topological polar surface area (TPSA) is 82.2 Å². The van der Waals surface area contributed by atoms with E-state index in [1.54, 1.807) is 0 Å². The zero-order valence-electron chi connectivity index (χ0n) is 19.7. The summed E-state index contributed by atoms with van der Waals surface area (Å²) >= 11 is 8.26. The number of nitrogens with zero attached hydrogens (tertiary/aromatic N) is 2. The van der Waals surface area contributed by atoms with Crippen LogP contribution in [0.2, 0.25) is 5.02 Å². The van der Waals surface area contributed by atoms with E-state index in [2.05, 4.69) is 62.5 Å². The SMILES string of the molecule is CC(C)OC1CCC(c2cc(Nc3ccc(Cl)c4c3CCS4)n(C(C)(C)C)n2)C1.NC=O. The molecule has 2 aromatic rings. The van der Waals surface area contributed by atoms with Crippen LogP contribution >= 0.6 is 23.4 Å². The number of ether oxygens (including phenoxy) is 1. The number of anilines is 2. The maximum Gasteiger partial charge on any atom is 0.204 e. The van der Waals surface area contributed by atoms with Crippen LogP contribution in [0.15, 0.2) is 23.1 Å². The van der Waals surface area contributed by atoms with Crippen LogP contribution < -0.4 is 11.1 Å². The number of carbonyl (C=O) groups excluding carboxylic acids is 1. The Labute approximate surface area is 200 Å².